The van der Waals surface area contributed by atoms with Gasteiger partial charge in [0, 0.05) is 18.9 Å². The SMILES string of the molecule is Cc1ccc(N(C)c2ncc(Cl)cc2Br)cc1. The molecule has 0 aliphatic heterocycles. The molecule has 4 heteroatoms. The van der Waals surface area contributed by atoms with Gasteiger partial charge >= 0.3 is 0 Å². The number of hydrogen-bond donors (Lipinski definition) is 0. The molecule has 1 aromatic carbocycles. The fourth-order valence-electron chi connectivity index (χ4n) is 1.54. The third kappa shape index (κ3) is 2.79. The minimum atomic E-state index is 0.623. The van der Waals surface area contributed by atoms with E-state index in [1.165, 1.54) is 5.56 Å². The summed E-state index contributed by atoms with van der Waals surface area (Å²) in [6.07, 6.45) is 1.65. The van der Waals surface area contributed by atoms with Crippen molar-refractivity contribution in [3.63, 3.8) is 0 Å². The molecule has 0 bridgehead atoms. The van der Waals surface area contributed by atoms with Crippen molar-refractivity contribution in [2.45, 2.75) is 6.92 Å². The average molecular weight is 312 g/mol. The van der Waals surface area contributed by atoms with E-state index < -0.39 is 0 Å². The maximum absolute atomic E-state index is 5.88. The molecule has 0 N–H and O–H groups in total. The number of nitrogens with zero attached hydrogens (tertiary/aromatic N) is 2. The van der Waals surface area contributed by atoms with Crippen LogP contribution in [-0.4, -0.2) is 12.0 Å². The van der Waals surface area contributed by atoms with Crippen LogP contribution < -0.4 is 4.90 Å². The van der Waals surface area contributed by atoms with Gasteiger partial charge in [-0.1, -0.05) is 29.3 Å². The van der Waals surface area contributed by atoms with Gasteiger partial charge in [0.1, 0.15) is 5.82 Å². The van der Waals surface area contributed by atoms with Gasteiger partial charge in [-0.05, 0) is 41.1 Å². The number of pyridine rings is 1. The van der Waals surface area contributed by atoms with E-state index in [9.17, 15) is 0 Å². The second-order valence-corrected chi connectivity index (χ2v) is 5.14. The van der Waals surface area contributed by atoms with Gasteiger partial charge in [-0.25, -0.2) is 4.98 Å². The molecule has 17 heavy (non-hydrogen) atoms. The zero-order valence-corrected chi connectivity index (χ0v) is 12.0. The Bertz CT molecular complexity index is 525. The summed E-state index contributed by atoms with van der Waals surface area (Å²) < 4.78 is 0.882. The first-order chi connectivity index (χ1) is 8.08. The van der Waals surface area contributed by atoms with Gasteiger partial charge in [-0.15, -0.1) is 0 Å². The Morgan fingerprint density at radius 3 is 2.47 bits per heavy atom. The van der Waals surface area contributed by atoms with Gasteiger partial charge in [0.2, 0.25) is 0 Å². The van der Waals surface area contributed by atoms with E-state index in [-0.39, 0.29) is 0 Å². The Kier molecular flexibility index (Phi) is 3.69. The molecular formula is C13H12BrClN2. The molecule has 1 heterocycles. The molecule has 2 nitrogen and oxygen atoms in total. The van der Waals surface area contributed by atoms with Crippen molar-refractivity contribution in [1.29, 1.82) is 0 Å². The predicted octanol–water partition coefficient (Wildman–Crippen LogP) is 4.57. The second-order valence-electron chi connectivity index (χ2n) is 3.85. The summed E-state index contributed by atoms with van der Waals surface area (Å²) in [7, 11) is 1.98. The molecule has 0 aliphatic carbocycles. The second kappa shape index (κ2) is 5.07. The molecule has 0 saturated carbocycles. The van der Waals surface area contributed by atoms with Crippen LogP contribution in [0.5, 0.6) is 0 Å². The number of hydrogen-bond acceptors (Lipinski definition) is 2. The Hall–Kier alpha value is -1.06. The van der Waals surface area contributed by atoms with E-state index in [2.05, 4.69) is 52.1 Å². The highest BCUT2D eigenvalue weighted by molar-refractivity contribution is 9.10. The van der Waals surface area contributed by atoms with Crippen LogP contribution in [0.15, 0.2) is 41.0 Å². The van der Waals surface area contributed by atoms with Crippen molar-refractivity contribution in [1.82, 2.24) is 4.98 Å². The Morgan fingerprint density at radius 1 is 1.24 bits per heavy atom. The highest BCUT2D eigenvalue weighted by Gasteiger charge is 2.09. The minimum absolute atomic E-state index is 0.623. The lowest BCUT2D eigenvalue weighted by atomic mass is 10.2. The van der Waals surface area contributed by atoms with Crippen LogP contribution in [0.3, 0.4) is 0 Å². The maximum atomic E-state index is 5.88. The molecule has 0 saturated heterocycles. The predicted molar refractivity (Wildman–Crippen MR) is 76.2 cm³/mol. The summed E-state index contributed by atoms with van der Waals surface area (Å²) in [5, 5.41) is 0.623. The van der Waals surface area contributed by atoms with Gasteiger partial charge in [-0.2, -0.15) is 0 Å². The number of halogens is 2. The zero-order chi connectivity index (χ0) is 12.4. The molecule has 0 unspecified atom stereocenters. The van der Waals surface area contributed by atoms with Crippen molar-refractivity contribution in [2.75, 3.05) is 11.9 Å². The lowest BCUT2D eigenvalue weighted by Gasteiger charge is -2.19. The van der Waals surface area contributed by atoms with E-state index >= 15 is 0 Å². The quantitative estimate of drug-likeness (QED) is 0.807. The molecule has 1 aromatic heterocycles. The Morgan fingerprint density at radius 2 is 1.88 bits per heavy atom. The standard InChI is InChI=1S/C13H12BrClN2/c1-9-3-5-11(6-4-9)17(2)13-12(14)7-10(15)8-16-13/h3-8H,1-2H3. The van der Waals surface area contributed by atoms with E-state index in [1.54, 1.807) is 6.20 Å². The van der Waals surface area contributed by atoms with E-state index in [1.807, 2.05) is 18.0 Å². The number of anilines is 2. The third-order valence-corrected chi connectivity index (χ3v) is 3.32. The number of rotatable bonds is 2. The van der Waals surface area contributed by atoms with Gasteiger partial charge in [-0.3, -0.25) is 0 Å². The van der Waals surface area contributed by atoms with E-state index in [0.29, 0.717) is 5.02 Å². The molecule has 0 spiro atoms. The van der Waals surface area contributed by atoms with Gasteiger partial charge in [0.15, 0.2) is 0 Å². The fraction of sp³-hybridized carbons (Fsp3) is 0.154. The molecule has 0 radical (unpaired) electrons. The molecule has 2 rings (SSSR count). The highest BCUT2D eigenvalue weighted by Crippen LogP contribution is 2.30. The summed E-state index contributed by atoms with van der Waals surface area (Å²) in [6.45, 7) is 2.07. The molecule has 0 fully saturated rings. The summed E-state index contributed by atoms with van der Waals surface area (Å²) in [6, 6.07) is 10.1. The first-order valence-electron chi connectivity index (χ1n) is 5.19. The molecule has 0 amide bonds. The molecule has 0 atom stereocenters. The van der Waals surface area contributed by atoms with Gasteiger partial charge in [0.05, 0.1) is 9.50 Å². The molecule has 0 aliphatic rings. The Labute approximate surface area is 114 Å². The van der Waals surface area contributed by atoms with Crippen LogP contribution in [0.25, 0.3) is 0 Å². The monoisotopic (exact) mass is 310 g/mol. The van der Waals surface area contributed by atoms with Gasteiger partial charge in [0.25, 0.3) is 0 Å². The van der Waals surface area contributed by atoms with E-state index in [4.69, 9.17) is 11.6 Å². The van der Waals surface area contributed by atoms with Crippen molar-refractivity contribution in [3.05, 3.63) is 51.6 Å². The minimum Gasteiger partial charge on any atom is -0.329 e. The van der Waals surface area contributed by atoms with Crippen LogP contribution in [0, 0.1) is 6.92 Å². The van der Waals surface area contributed by atoms with Crippen molar-refractivity contribution in [2.24, 2.45) is 0 Å². The maximum Gasteiger partial charge on any atom is 0.147 e. The largest absolute Gasteiger partial charge is 0.329 e. The number of benzene rings is 1. The summed E-state index contributed by atoms with van der Waals surface area (Å²) in [4.78, 5) is 6.34. The van der Waals surface area contributed by atoms with Crippen molar-refractivity contribution in [3.8, 4) is 0 Å². The molecular weight excluding hydrogens is 300 g/mol. The van der Waals surface area contributed by atoms with Crippen LogP contribution in [0.2, 0.25) is 5.02 Å². The van der Waals surface area contributed by atoms with Crippen molar-refractivity contribution < 1.29 is 0 Å². The van der Waals surface area contributed by atoms with Crippen LogP contribution >= 0.6 is 27.5 Å². The smallest absolute Gasteiger partial charge is 0.147 e. The topological polar surface area (TPSA) is 16.1 Å². The summed E-state index contributed by atoms with van der Waals surface area (Å²) in [5.41, 5.74) is 2.33. The van der Waals surface area contributed by atoms with Crippen molar-refractivity contribution >= 4 is 39.0 Å². The lowest BCUT2D eigenvalue weighted by Crippen LogP contribution is -2.11. The van der Waals surface area contributed by atoms with Crippen LogP contribution in [0.4, 0.5) is 11.5 Å². The lowest BCUT2D eigenvalue weighted by molar-refractivity contribution is 1.11. The fourth-order valence-corrected chi connectivity index (χ4v) is 2.45. The van der Waals surface area contributed by atoms with Crippen LogP contribution in [0.1, 0.15) is 5.56 Å². The number of aromatic nitrogens is 1. The molecule has 88 valence electrons. The van der Waals surface area contributed by atoms with Gasteiger partial charge < -0.3 is 4.90 Å². The first kappa shape index (κ1) is 12.4. The summed E-state index contributed by atoms with van der Waals surface area (Å²) in [5.74, 6) is 0.846. The Balaban J connectivity index is 2.36. The average Bonchev–Trinajstić information content (AvgIpc) is 2.29. The summed E-state index contributed by atoms with van der Waals surface area (Å²) >= 11 is 9.35. The highest BCUT2D eigenvalue weighted by atomic mass is 79.9. The molecule has 2 aromatic rings. The van der Waals surface area contributed by atoms with E-state index in [0.717, 1.165) is 16.0 Å². The first-order valence-corrected chi connectivity index (χ1v) is 6.36. The number of aryl methyl sites for hydroxylation is 1. The zero-order valence-electron chi connectivity index (χ0n) is 9.61. The normalized spacial score (nSPS) is 10.4. The third-order valence-electron chi connectivity index (χ3n) is 2.53. The van der Waals surface area contributed by atoms with Crippen LogP contribution in [-0.2, 0) is 0 Å².